The number of methoxy groups -OCH3 is 1. The van der Waals surface area contributed by atoms with E-state index in [-0.39, 0.29) is 5.84 Å². The molecule has 0 radical (unpaired) electrons. The molecule has 0 spiro atoms. The highest BCUT2D eigenvalue weighted by molar-refractivity contribution is 7.16. The van der Waals surface area contributed by atoms with E-state index in [4.69, 9.17) is 15.9 Å². The first kappa shape index (κ1) is 10.5. The van der Waals surface area contributed by atoms with E-state index in [1.54, 1.807) is 12.3 Å². The molecule has 0 aliphatic rings. The summed E-state index contributed by atoms with van der Waals surface area (Å²) in [7, 11) is 1.54. The van der Waals surface area contributed by atoms with Crippen LogP contribution < -0.4 is 10.5 Å². The number of nitrogen functional groups attached to an aromatic ring is 1. The predicted molar refractivity (Wildman–Crippen MR) is 60.7 cm³/mol. The van der Waals surface area contributed by atoms with Gasteiger partial charge in [-0.15, -0.1) is 11.3 Å². The van der Waals surface area contributed by atoms with Gasteiger partial charge in [0.05, 0.1) is 12.0 Å². The molecule has 0 unspecified atom stereocenters. The van der Waals surface area contributed by atoms with E-state index in [9.17, 15) is 0 Å². The van der Waals surface area contributed by atoms with E-state index in [0.29, 0.717) is 21.5 Å². The van der Waals surface area contributed by atoms with E-state index in [2.05, 4.69) is 15.0 Å². The Balaban J connectivity index is 2.38. The van der Waals surface area contributed by atoms with Gasteiger partial charge in [-0.05, 0) is 0 Å². The number of nitrogens with zero attached hydrogens (tertiary/aromatic N) is 3. The normalized spacial score (nSPS) is 10.1. The lowest BCUT2D eigenvalue weighted by Gasteiger charge is -1.98. The Morgan fingerprint density at radius 2 is 2.25 bits per heavy atom. The molecule has 16 heavy (non-hydrogen) atoms. The molecule has 2 heterocycles. The lowest BCUT2D eigenvalue weighted by molar-refractivity contribution is 0.397. The van der Waals surface area contributed by atoms with Gasteiger partial charge >= 0.3 is 0 Å². The molecule has 0 aromatic carbocycles. The number of thiazole rings is 1. The van der Waals surface area contributed by atoms with Crippen molar-refractivity contribution >= 4 is 17.2 Å². The Morgan fingerprint density at radius 1 is 1.44 bits per heavy atom. The molecule has 7 heteroatoms. The SMILES string of the molecule is COc1cc(-c2ncc(C(=N)N)s2)ncn1. The van der Waals surface area contributed by atoms with Crippen molar-refractivity contribution in [2.24, 2.45) is 5.73 Å². The molecule has 0 atom stereocenters. The highest BCUT2D eigenvalue weighted by Gasteiger charge is 2.08. The van der Waals surface area contributed by atoms with Crippen LogP contribution in [0.5, 0.6) is 5.88 Å². The van der Waals surface area contributed by atoms with Gasteiger partial charge in [-0.25, -0.2) is 15.0 Å². The van der Waals surface area contributed by atoms with Crippen LogP contribution in [0.3, 0.4) is 0 Å². The number of amidine groups is 1. The van der Waals surface area contributed by atoms with Crippen molar-refractivity contribution in [2.75, 3.05) is 7.11 Å². The number of nitrogens with one attached hydrogen (secondary N) is 1. The third kappa shape index (κ3) is 1.98. The minimum atomic E-state index is 0.00442. The van der Waals surface area contributed by atoms with Crippen molar-refractivity contribution in [3.63, 3.8) is 0 Å². The van der Waals surface area contributed by atoms with Gasteiger partial charge < -0.3 is 10.5 Å². The monoisotopic (exact) mass is 235 g/mol. The van der Waals surface area contributed by atoms with E-state index >= 15 is 0 Å². The van der Waals surface area contributed by atoms with Gasteiger partial charge in [-0.3, -0.25) is 5.41 Å². The largest absolute Gasteiger partial charge is 0.481 e. The topological polar surface area (TPSA) is 97.8 Å². The van der Waals surface area contributed by atoms with Crippen LogP contribution >= 0.6 is 11.3 Å². The first-order valence-corrected chi connectivity index (χ1v) is 5.19. The standard InChI is InChI=1S/C9H9N5OS/c1-15-7-2-5(13-4-14-7)9-12-3-6(16-9)8(10)11/h2-4H,1H3,(H3,10,11). The molecule has 0 aliphatic carbocycles. The molecule has 0 bridgehead atoms. The highest BCUT2D eigenvalue weighted by Crippen LogP contribution is 2.24. The van der Waals surface area contributed by atoms with Crippen molar-refractivity contribution < 1.29 is 4.74 Å². The van der Waals surface area contributed by atoms with Gasteiger partial charge in [-0.2, -0.15) is 0 Å². The van der Waals surface area contributed by atoms with Gasteiger partial charge in [0, 0.05) is 12.3 Å². The summed E-state index contributed by atoms with van der Waals surface area (Å²) in [6.07, 6.45) is 2.96. The van der Waals surface area contributed by atoms with Crippen LogP contribution in [0.25, 0.3) is 10.7 Å². The Bertz CT molecular complexity index is 524. The van der Waals surface area contributed by atoms with E-state index in [1.807, 2.05) is 0 Å². The van der Waals surface area contributed by atoms with E-state index in [0.717, 1.165) is 0 Å². The molecule has 2 rings (SSSR count). The Kier molecular flexibility index (Phi) is 2.78. The molecule has 0 aliphatic heterocycles. The molecule has 0 saturated heterocycles. The van der Waals surface area contributed by atoms with Crippen molar-refractivity contribution in [3.05, 3.63) is 23.5 Å². The number of hydrogen-bond donors (Lipinski definition) is 2. The number of ether oxygens (including phenoxy) is 1. The maximum atomic E-state index is 7.28. The second kappa shape index (κ2) is 4.23. The maximum absolute atomic E-state index is 7.28. The number of rotatable bonds is 3. The van der Waals surface area contributed by atoms with Gasteiger partial charge in [0.15, 0.2) is 0 Å². The molecule has 0 fully saturated rings. The van der Waals surface area contributed by atoms with Crippen LogP contribution in [-0.4, -0.2) is 27.9 Å². The molecule has 3 N–H and O–H groups in total. The average Bonchev–Trinajstić information content (AvgIpc) is 2.78. The van der Waals surface area contributed by atoms with E-state index < -0.39 is 0 Å². The zero-order chi connectivity index (χ0) is 11.5. The number of aromatic nitrogens is 3. The van der Waals surface area contributed by atoms with Gasteiger partial charge in [0.2, 0.25) is 5.88 Å². The molecular formula is C9H9N5OS. The van der Waals surface area contributed by atoms with Crippen LogP contribution in [0.1, 0.15) is 4.88 Å². The molecule has 82 valence electrons. The first-order valence-electron chi connectivity index (χ1n) is 4.37. The van der Waals surface area contributed by atoms with Crippen molar-refractivity contribution in [3.8, 4) is 16.6 Å². The molecule has 6 nitrogen and oxygen atoms in total. The number of nitrogens with two attached hydrogens (primary N) is 1. The smallest absolute Gasteiger partial charge is 0.216 e. The van der Waals surface area contributed by atoms with Crippen LogP contribution in [0.15, 0.2) is 18.6 Å². The summed E-state index contributed by atoms with van der Waals surface area (Å²) < 4.78 is 4.99. The second-order valence-electron chi connectivity index (χ2n) is 2.89. The maximum Gasteiger partial charge on any atom is 0.216 e. The summed E-state index contributed by atoms with van der Waals surface area (Å²) in [5, 5.41) is 7.97. The lowest BCUT2D eigenvalue weighted by Crippen LogP contribution is -2.08. The summed E-state index contributed by atoms with van der Waals surface area (Å²) in [6.45, 7) is 0. The zero-order valence-electron chi connectivity index (χ0n) is 8.47. The summed E-state index contributed by atoms with van der Waals surface area (Å²) in [5.41, 5.74) is 6.01. The van der Waals surface area contributed by atoms with E-state index in [1.165, 1.54) is 24.8 Å². The lowest BCUT2D eigenvalue weighted by atomic mass is 10.4. The van der Waals surface area contributed by atoms with Gasteiger partial charge in [-0.1, -0.05) is 0 Å². The average molecular weight is 235 g/mol. The molecular weight excluding hydrogens is 226 g/mol. The van der Waals surface area contributed by atoms with Crippen LogP contribution in [0.2, 0.25) is 0 Å². The number of hydrogen-bond acceptors (Lipinski definition) is 6. The fraction of sp³-hybridized carbons (Fsp3) is 0.111. The third-order valence-corrected chi connectivity index (χ3v) is 2.89. The van der Waals surface area contributed by atoms with Crippen molar-refractivity contribution in [1.29, 1.82) is 5.41 Å². The molecule has 2 aromatic rings. The molecule has 2 aromatic heterocycles. The predicted octanol–water partition coefficient (Wildman–Crippen LogP) is 0.893. The summed E-state index contributed by atoms with van der Waals surface area (Å²) in [6, 6.07) is 1.68. The van der Waals surface area contributed by atoms with Gasteiger partial charge in [0.1, 0.15) is 22.9 Å². The second-order valence-corrected chi connectivity index (χ2v) is 3.92. The fourth-order valence-corrected chi connectivity index (χ4v) is 1.83. The quantitative estimate of drug-likeness (QED) is 0.608. The molecule has 0 saturated carbocycles. The summed E-state index contributed by atoms with van der Waals surface area (Å²) in [4.78, 5) is 12.7. The summed E-state index contributed by atoms with van der Waals surface area (Å²) in [5.74, 6) is 0.481. The van der Waals surface area contributed by atoms with Crippen molar-refractivity contribution in [1.82, 2.24) is 15.0 Å². The highest BCUT2D eigenvalue weighted by atomic mass is 32.1. The minimum absolute atomic E-state index is 0.00442. The Morgan fingerprint density at radius 3 is 2.88 bits per heavy atom. The molecule has 0 amide bonds. The zero-order valence-corrected chi connectivity index (χ0v) is 9.28. The first-order chi connectivity index (χ1) is 7.70. The van der Waals surface area contributed by atoms with Gasteiger partial charge in [0.25, 0.3) is 0 Å². The Hall–Kier alpha value is -2.02. The fourth-order valence-electron chi connectivity index (χ4n) is 1.09. The Labute approximate surface area is 95.7 Å². The minimum Gasteiger partial charge on any atom is -0.481 e. The third-order valence-electron chi connectivity index (χ3n) is 1.84. The van der Waals surface area contributed by atoms with Crippen molar-refractivity contribution in [2.45, 2.75) is 0 Å². The van der Waals surface area contributed by atoms with Crippen LogP contribution in [-0.2, 0) is 0 Å². The summed E-state index contributed by atoms with van der Waals surface area (Å²) >= 11 is 1.31. The van der Waals surface area contributed by atoms with Crippen LogP contribution in [0.4, 0.5) is 0 Å². The van der Waals surface area contributed by atoms with Crippen LogP contribution in [0, 0.1) is 5.41 Å².